The summed E-state index contributed by atoms with van der Waals surface area (Å²) < 4.78 is 0. The van der Waals surface area contributed by atoms with Crippen LogP contribution in [0.5, 0.6) is 0 Å². The van der Waals surface area contributed by atoms with Crippen LogP contribution in [0.3, 0.4) is 0 Å². The lowest BCUT2D eigenvalue weighted by molar-refractivity contribution is 0.0910. The smallest absolute Gasteiger partial charge is 0.253 e. The summed E-state index contributed by atoms with van der Waals surface area (Å²) in [6, 6.07) is 5.82. The number of nitrogens with two attached hydrogens (primary N) is 1. The first-order chi connectivity index (χ1) is 8.09. The van der Waals surface area contributed by atoms with Gasteiger partial charge in [-0.1, -0.05) is 18.6 Å². The van der Waals surface area contributed by atoms with Crippen molar-refractivity contribution in [2.75, 3.05) is 5.73 Å². The number of para-hydroxylation sites is 1. The zero-order valence-electron chi connectivity index (χ0n) is 10.5. The fourth-order valence-electron chi connectivity index (χ4n) is 2.22. The number of nitrogens with one attached hydrogen (secondary N) is 1. The Labute approximate surface area is 102 Å². The van der Waals surface area contributed by atoms with Crippen molar-refractivity contribution in [3.8, 4) is 0 Å². The molecule has 0 saturated heterocycles. The van der Waals surface area contributed by atoms with Crippen LogP contribution in [0.4, 0.5) is 5.69 Å². The van der Waals surface area contributed by atoms with Gasteiger partial charge in [0, 0.05) is 11.7 Å². The molecule has 1 aliphatic carbocycles. The first-order valence-electron chi connectivity index (χ1n) is 6.25. The maximum absolute atomic E-state index is 12.1. The van der Waals surface area contributed by atoms with E-state index in [1.165, 1.54) is 19.3 Å². The van der Waals surface area contributed by atoms with Crippen LogP contribution in [0, 0.1) is 12.8 Å². The molecule has 2 rings (SSSR count). The predicted octanol–water partition coefficient (Wildman–Crippen LogP) is 2.50. The Morgan fingerprint density at radius 1 is 1.47 bits per heavy atom. The van der Waals surface area contributed by atoms with Crippen molar-refractivity contribution >= 4 is 11.6 Å². The monoisotopic (exact) mass is 232 g/mol. The number of rotatable bonds is 3. The molecule has 1 amide bonds. The summed E-state index contributed by atoms with van der Waals surface area (Å²) >= 11 is 0. The van der Waals surface area contributed by atoms with Crippen LogP contribution in [-0.4, -0.2) is 11.9 Å². The number of aryl methyl sites for hydroxylation is 1. The lowest BCUT2D eigenvalue weighted by atomic mass is 9.80. The van der Waals surface area contributed by atoms with Gasteiger partial charge in [0.25, 0.3) is 5.91 Å². The second-order valence-electron chi connectivity index (χ2n) is 4.99. The molecule has 0 radical (unpaired) electrons. The van der Waals surface area contributed by atoms with Crippen molar-refractivity contribution in [1.82, 2.24) is 5.32 Å². The molecule has 1 aromatic rings. The molecule has 1 atom stereocenters. The number of hydrogen-bond acceptors (Lipinski definition) is 2. The molecule has 0 bridgehead atoms. The highest BCUT2D eigenvalue weighted by molar-refractivity contribution is 5.99. The predicted molar refractivity (Wildman–Crippen MR) is 69.9 cm³/mol. The van der Waals surface area contributed by atoms with Crippen molar-refractivity contribution in [3.63, 3.8) is 0 Å². The fourth-order valence-corrected chi connectivity index (χ4v) is 2.22. The van der Waals surface area contributed by atoms with Gasteiger partial charge in [-0.3, -0.25) is 4.79 Å². The molecular formula is C14H20N2O. The van der Waals surface area contributed by atoms with Crippen molar-refractivity contribution in [2.24, 2.45) is 5.92 Å². The van der Waals surface area contributed by atoms with E-state index < -0.39 is 0 Å². The van der Waals surface area contributed by atoms with Crippen LogP contribution >= 0.6 is 0 Å². The summed E-state index contributed by atoms with van der Waals surface area (Å²) in [5.74, 6) is 0.593. The van der Waals surface area contributed by atoms with E-state index in [-0.39, 0.29) is 11.9 Å². The molecule has 3 nitrogen and oxygen atoms in total. The third-order valence-electron chi connectivity index (χ3n) is 3.78. The fraction of sp³-hybridized carbons (Fsp3) is 0.500. The summed E-state index contributed by atoms with van der Waals surface area (Å²) in [5.41, 5.74) is 8.06. The van der Waals surface area contributed by atoms with E-state index >= 15 is 0 Å². The van der Waals surface area contributed by atoms with Gasteiger partial charge < -0.3 is 11.1 Å². The van der Waals surface area contributed by atoms with E-state index in [1.54, 1.807) is 6.07 Å². The van der Waals surface area contributed by atoms with Gasteiger partial charge in [0.2, 0.25) is 0 Å². The Hall–Kier alpha value is -1.51. The Morgan fingerprint density at radius 2 is 2.18 bits per heavy atom. The highest BCUT2D eigenvalue weighted by Gasteiger charge is 2.25. The SMILES string of the molecule is Cc1cccc(C(=O)NC(C)C2CCC2)c1N. The second kappa shape index (κ2) is 4.78. The van der Waals surface area contributed by atoms with Gasteiger partial charge in [0.1, 0.15) is 0 Å². The topological polar surface area (TPSA) is 55.1 Å². The Bertz CT molecular complexity index is 424. The highest BCUT2D eigenvalue weighted by Crippen LogP contribution is 2.29. The van der Waals surface area contributed by atoms with Crippen LogP contribution in [0.1, 0.15) is 42.1 Å². The van der Waals surface area contributed by atoms with Gasteiger partial charge in [0.15, 0.2) is 0 Å². The molecule has 1 fully saturated rings. The molecular weight excluding hydrogens is 212 g/mol. The highest BCUT2D eigenvalue weighted by atomic mass is 16.1. The number of benzene rings is 1. The third kappa shape index (κ3) is 2.43. The van der Waals surface area contributed by atoms with Crippen LogP contribution in [0.15, 0.2) is 18.2 Å². The molecule has 92 valence electrons. The van der Waals surface area contributed by atoms with E-state index in [4.69, 9.17) is 5.73 Å². The van der Waals surface area contributed by atoms with Crippen molar-refractivity contribution in [3.05, 3.63) is 29.3 Å². The molecule has 1 aliphatic rings. The molecule has 0 aliphatic heterocycles. The van der Waals surface area contributed by atoms with Gasteiger partial charge >= 0.3 is 0 Å². The van der Waals surface area contributed by atoms with Gasteiger partial charge in [0.05, 0.1) is 5.56 Å². The molecule has 1 aromatic carbocycles. The minimum absolute atomic E-state index is 0.0504. The van der Waals surface area contributed by atoms with Gasteiger partial charge in [-0.2, -0.15) is 0 Å². The van der Waals surface area contributed by atoms with E-state index in [0.717, 1.165) is 5.56 Å². The minimum Gasteiger partial charge on any atom is -0.398 e. The molecule has 1 saturated carbocycles. The number of amides is 1. The summed E-state index contributed by atoms with van der Waals surface area (Å²) in [7, 11) is 0. The van der Waals surface area contributed by atoms with Gasteiger partial charge in [-0.25, -0.2) is 0 Å². The zero-order valence-corrected chi connectivity index (χ0v) is 10.5. The van der Waals surface area contributed by atoms with Gasteiger partial charge in [-0.05, 0) is 44.2 Å². The lowest BCUT2D eigenvalue weighted by Crippen LogP contribution is -2.40. The van der Waals surface area contributed by atoms with Crippen molar-refractivity contribution in [1.29, 1.82) is 0 Å². The standard InChI is InChI=1S/C14H20N2O/c1-9-5-3-8-12(13(9)15)14(17)16-10(2)11-6-4-7-11/h3,5,8,10-11H,4,6-7,15H2,1-2H3,(H,16,17). The molecule has 0 heterocycles. The van der Waals surface area contributed by atoms with Crippen molar-refractivity contribution in [2.45, 2.75) is 39.2 Å². The Kier molecular flexibility index (Phi) is 3.36. The number of anilines is 1. The van der Waals surface area contributed by atoms with E-state index in [9.17, 15) is 4.79 Å². The van der Waals surface area contributed by atoms with E-state index in [1.807, 2.05) is 19.1 Å². The summed E-state index contributed by atoms with van der Waals surface area (Å²) in [6.07, 6.45) is 3.74. The summed E-state index contributed by atoms with van der Waals surface area (Å²) in [4.78, 5) is 12.1. The normalized spacial score (nSPS) is 17.3. The molecule has 1 unspecified atom stereocenters. The quantitative estimate of drug-likeness (QED) is 0.787. The molecule has 3 heteroatoms. The number of carbonyl (C=O) groups is 1. The average Bonchev–Trinajstić information content (AvgIpc) is 2.19. The average molecular weight is 232 g/mol. The lowest BCUT2D eigenvalue weighted by Gasteiger charge is -2.32. The Balaban J connectivity index is 2.06. The number of nitrogen functional groups attached to an aromatic ring is 1. The molecule has 0 spiro atoms. The van der Waals surface area contributed by atoms with Crippen LogP contribution in [0.2, 0.25) is 0 Å². The van der Waals surface area contributed by atoms with Crippen LogP contribution in [0.25, 0.3) is 0 Å². The summed E-state index contributed by atoms with van der Waals surface area (Å²) in [6.45, 7) is 4.00. The van der Waals surface area contributed by atoms with E-state index in [2.05, 4.69) is 12.2 Å². The van der Waals surface area contributed by atoms with Crippen LogP contribution < -0.4 is 11.1 Å². The second-order valence-corrected chi connectivity index (χ2v) is 4.99. The molecule has 3 N–H and O–H groups in total. The van der Waals surface area contributed by atoms with Crippen molar-refractivity contribution < 1.29 is 4.79 Å². The number of carbonyl (C=O) groups excluding carboxylic acids is 1. The maximum atomic E-state index is 12.1. The molecule has 17 heavy (non-hydrogen) atoms. The van der Waals surface area contributed by atoms with Crippen LogP contribution in [-0.2, 0) is 0 Å². The zero-order chi connectivity index (χ0) is 12.4. The largest absolute Gasteiger partial charge is 0.398 e. The molecule has 0 aromatic heterocycles. The third-order valence-corrected chi connectivity index (χ3v) is 3.78. The maximum Gasteiger partial charge on any atom is 0.253 e. The van der Waals surface area contributed by atoms with Gasteiger partial charge in [-0.15, -0.1) is 0 Å². The Morgan fingerprint density at radius 3 is 2.76 bits per heavy atom. The minimum atomic E-state index is -0.0504. The first-order valence-corrected chi connectivity index (χ1v) is 6.25. The first kappa shape index (κ1) is 12.0. The number of hydrogen-bond donors (Lipinski definition) is 2. The summed E-state index contributed by atoms with van der Waals surface area (Å²) in [5, 5.41) is 3.05. The van der Waals surface area contributed by atoms with E-state index in [0.29, 0.717) is 17.2 Å².